The number of ether oxygens (including phenoxy) is 1. The maximum absolute atomic E-state index is 13.9. The van der Waals surface area contributed by atoms with E-state index in [-0.39, 0.29) is 18.2 Å². The molecule has 186 valence electrons. The van der Waals surface area contributed by atoms with E-state index in [1.807, 2.05) is 24.3 Å². The van der Waals surface area contributed by atoms with Gasteiger partial charge >= 0.3 is 6.18 Å². The number of rotatable bonds is 7. The summed E-state index contributed by atoms with van der Waals surface area (Å²) in [7, 11) is 3.46. The maximum atomic E-state index is 13.9. The predicted octanol–water partition coefficient (Wildman–Crippen LogP) is 2.37. The topological polar surface area (TPSA) is 88.4 Å². The summed E-state index contributed by atoms with van der Waals surface area (Å²) >= 11 is 0. The van der Waals surface area contributed by atoms with Crippen LogP contribution in [0, 0.1) is 0 Å². The molecule has 0 radical (unpaired) electrons. The zero-order valence-corrected chi connectivity index (χ0v) is 19.4. The Bertz CT molecular complexity index is 1160. The van der Waals surface area contributed by atoms with Crippen LogP contribution >= 0.6 is 0 Å². The zero-order valence-electron chi connectivity index (χ0n) is 19.4. The highest BCUT2D eigenvalue weighted by Crippen LogP contribution is 2.33. The number of carbonyl (C=O) groups excluding carboxylic acids is 1. The molecule has 3 heterocycles. The average Bonchev–Trinajstić information content (AvgIpc) is 3.30. The van der Waals surface area contributed by atoms with E-state index in [1.165, 1.54) is 19.2 Å². The van der Waals surface area contributed by atoms with E-state index in [4.69, 9.17) is 4.74 Å². The van der Waals surface area contributed by atoms with Gasteiger partial charge in [0.2, 0.25) is 5.88 Å². The van der Waals surface area contributed by atoms with E-state index in [0.29, 0.717) is 4.68 Å². The molecule has 0 unspecified atom stereocenters. The summed E-state index contributed by atoms with van der Waals surface area (Å²) < 4.78 is 47.1. The minimum Gasteiger partial charge on any atom is -0.480 e. The number of nitrogens with zero attached hydrogens (tertiary/aromatic N) is 6. The molecule has 0 atom stereocenters. The molecule has 0 spiro atoms. The molecule has 9 nitrogen and oxygen atoms in total. The second-order valence-electron chi connectivity index (χ2n) is 8.33. The molecule has 35 heavy (non-hydrogen) atoms. The van der Waals surface area contributed by atoms with Gasteiger partial charge in [-0.25, -0.2) is 4.68 Å². The first-order chi connectivity index (χ1) is 16.7. The summed E-state index contributed by atoms with van der Waals surface area (Å²) in [5, 5.41) is 13.7. The summed E-state index contributed by atoms with van der Waals surface area (Å²) in [6, 6.07) is 10.3. The lowest BCUT2D eigenvalue weighted by molar-refractivity contribution is -0.143. The molecule has 1 amide bonds. The molecule has 4 rings (SSSR count). The first-order valence-electron chi connectivity index (χ1n) is 11.0. The van der Waals surface area contributed by atoms with Gasteiger partial charge in [0, 0.05) is 45.3 Å². The summed E-state index contributed by atoms with van der Waals surface area (Å²) in [6.45, 7) is 4.82. The molecule has 1 aliphatic heterocycles. The molecular weight excluding hydrogens is 463 g/mol. The van der Waals surface area contributed by atoms with Crippen LogP contribution in [0.4, 0.5) is 13.2 Å². The molecule has 0 aliphatic carbocycles. The summed E-state index contributed by atoms with van der Waals surface area (Å²) in [5.41, 5.74) is 0.0668. The van der Waals surface area contributed by atoms with Crippen LogP contribution in [0.3, 0.4) is 0 Å². The Morgan fingerprint density at radius 2 is 1.83 bits per heavy atom. The van der Waals surface area contributed by atoms with Gasteiger partial charge < -0.3 is 15.0 Å². The molecular formula is C23H26F3N7O2. The van der Waals surface area contributed by atoms with Gasteiger partial charge in [-0.2, -0.15) is 18.3 Å². The molecule has 1 fully saturated rings. The van der Waals surface area contributed by atoms with Crippen LogP contribution in [0.15, 0.2) is 42.6 Å². The van der Waals surface area contributed by atoms with Crippen molar-refractivity contribution in [1.82, 2.24) is 35.1 Å². The van der Waals surface area contributed by atoms with E-state index in [2.05, 4.69) is 37.5 Å². The Kier molecular flexibility index (Phi) is 7.31. The van der Waals surface area contributed by atoms with Crippen LogP contribution in [0.5, 0.6) is 5.88 Å². The SMILES string of the molecule is COc1ccc(-n2ncc(C(=O)NCc3cccc(CN4CCN(C)CC4)c3)c2C(F)(F)F)nn1. The van der Waals surface area contributed by atoms with Gasteiger partial charge in [0.15, 0.2) is 11.5 Å². The van der Waals surface area contributed by atoms with Crippen LogP contribution in [-0.2, 0) is 19.3 Å². The van der Waals surface area contributed by atoms with E-state index >= 15 is 0 Å². The van der Waals surface area contributed by atoms with Gasteiger partial charge in [-0.15, -0.1) is 10.2 Å². The van der Waals surface area contributed by atoms with Crippen molar-refractivity contribution >= 4 is 5.91 Å². The molecule has 1 saturated heterocycles. The van der Waals surface area contributed by atoms with E-state index in [1.54, 1.807) is 0 Å². The fraction of sp³-hybridized carbons (Fsp3) is 0.391. The normalized spacial score (nSPS) is 15.2. The van der Waals surface area contributed by atoms with E-state index in [0.717, 1.165) is 50.0 Å². The second-order valence-corrected chi connectivity index (χ2v) is 8.33. The number of aromatic nitrogens is 4. The summed E-state index contributed by atoms with van der Waals surface area (Å²) in [5.74, 6) is -0.925. The second kappa shape index (κ2) is 10.4. The summed E-state index contributed by atoms with van der Waals surface area (Å²) in [6.07, 6.45) is -3.96. The first-order valence-corrected chi connectivity index (χ1v) is 11.0. The highest BCUT2D eigenvalue weighted by Gasteiger charge is 2.41. The Morgan fingerprint density at radius 3 is 2.49 bits per heavy atom. The van der Waals surface area contributed by atoms with Gasteiger partial charge in [-0.1, -0.05) is 24.3 Å². The molecule has 12 heteroatoms. The molecule has 3 aromatic rings. The Labute approximate surface area is 200 Å². The van der Waals surface area contributed by atoms with Crippen LogP contribution in [-0.4, -0.2) is 76.0 Å². The quantitative estimate of drug-likeness (QED) is 0.545. The lowest BCUT2D eigenvalue weighted by Gasteiger charge is -2.32. The van der Waals surface area contributed by atoms with Crippen LogP contribution in [0.1, 0.15) is 27.2 Å². The molecule has 0 bridgehead atoms. The van der Waals surface area contributed by atoms with E-state index in [9.17, 15) is 18.0 Å². The van der Waals surface area contributed by atoms with Gasteiger partial charge in [-0.3, -0.25) is 9.69 Å². The van der Waals surface area contributed by atoms with Gasteiger partial charge in [0.05, 0.1) is 18.9 Å². The number of amides is 1. The molecule has 2 aromatic heterocycles. The number of halogens is 3. The largest absolute Gasteiger partial charge is 0.480 e. The van der Waals surface area contributed by atoms with Gasteiger partial charge in [-0.05, 0) is 24.2 Å². The molecule has 1 aromatic carbocycles. The van der Waals surface area contributed by atoms with Crippen LogP contribution < -0.4 is 10.1 Å². The van der Waals surface area contributed by atoms with Crippen molar-refractivity contribution in [2.24, 2.45) is 0 Å². The number of piperazine rings is 1. The van der Waals surface area contributed by atoms with Crippen molar-refractivity contribution in [3.05, 3.63) is 65.0 Å². The number of benzene rings is 1. The number of alkyl halides is 3. The minimum atomic E-state index is -4.84. The van der Waals surface area contributed by atoms with Crippen molar-refractivity contribution in [2.45, 2.75) is 19.3 Å². The average molecular weight is 490 g/mol. The highest BCUT2D eigenvalue weighted by molar-refractivity contribution is 5.95. The highest BCUT2D eigenvalue weighted by atomic mass is 19.4. The van der Waals surface area contributed by atoms with Crippen LogP contribution in [0.2, 0.25) is 0 Å². The van der Waals surface area contributed by atoms with Crippen molar-refractivity contribution < 1.29 is 22.7 Å². The number of hydrogen-bond donors (Lipinski definition) is 1. The number of nitrogens with one attached hydrogen (secondary N) is 1. The van der Waals surface area contributed by atoms with Crippen LogP contribution in [0.25, 0.3) is 5.82 Å². The molecule has 1 aliphatic rings. The van der Waals surface area contributed by atoms with Gasteiger partial charge in [0.1, 0.15) is 0 Å². The zero-order chi connectivity index (χ0) is 25.0. The number of hydrogen-bond acceptors (Lipinski definition) is 7. The Hall–Kier alpha value is -3.51. The van der Waals surface area contributed by atoms with Crippen molar-refractivity contribution in [2.75, 3.05) is 40.3 Å². The third kappa shape index (κ3) is 5.95. The Balaban J connectivity index is 1.47. The standard InChI is InChI=1S/C23H26F3N7O2/c1-31-8-10-32(11-9-31)15-17-5-3-4-16(12-17)13-27-22(34)18-14-28-33(21(18)23(24,25)26)19-6-7-20(35-2)30-29-19/h3-7,12,14H,8-11,13,15H2,1-2H3,(H,27,34). The fourth-order valence-corrected chi connectivity index (χ4v) is 3.88. The summed E-state index contributed by atoms with van der Waals surface area (Å²) in [4.78, 5) is 17.4. The minimum absolute atomic E-state index is 0.0836. The third-order valence-electron chi connectivity index (χ3n) is 5.78. The fourth-order valence-electron chi connectivity index (χ4n) is 3.88. The van der Waals surface area contributed by atoms with Crippen molar-refractivity contribution in [1.29, 1.82) is 0 Å². The number of carbonyl (C=O) groups is 1. The van der Waals surface area contributed by atoms with Gasteiger partial charge in [0.25, 0.3) is 5.91 Å². The lowest BCUT2D eigenvalue weighted by Crippen LogP contribution is -2.43. The predicted molar refractivity (Wildman–Crippen MR) is 121 cm³/mol. The lowest BCUT2D eigenvalue weighted by atomic mass is 10.1. The van der Waals surface area contributed by atoms with E-state index < -0.39 is 23.3 Å². The third-order valence-corrected chi connectivity index (χ3v) is 5.78. The van der Waals surface area contributed by atoms with Crippen molar-refractivity contribution in [3.8, 4) is 11.7 Å². The smallest absolute Gasteiger partial charge is 0.434 e. The first kappa shape index (κ1) is 24.6. The number of methoxy groups -OCH3 is 1. The Morgan fingerprint density at radius 1 is 1.09 bits per heavy atom. The maximum Gasteiger partial charge on any atom is 0.434 e. The molecule has 1 N–H and O–H groups in total. The monoisotopic (exact) mass is 489 g/mol. The molecule has 0 saturated carbocycles. The number of likely N-dealkylation sites (N-methyl/N-ethyl adjacent to an activating group) is 1. The van der Waals surface area contributed by atoms with Crippen molar-refractivity contribution in [3.63, 3.8) is 0 Å².